The molecule has 0 aromatic heterocycles. The molecule has 1 saturated carbocycles. The SMILES string of the molecule is [2H]C1([2H])C(C(C)(C)C)C([2H])([2H])C([2H])([2H])C1([2H])[2H]. The summed E-state index contributed by atoms with van der Waals surface area (Å²) in [6, 6.07) is 0. The van der Waals surface area contributed by atoms with E-state index in [9.17, 15) is 0 Å². The van der Waals surface area contributed by atoms with Crippen LogP contribution in [-0.2, 0) is 0 Å². The van der Waals surface area contributed by atoms with Crippen LogP contribution in [0.25, 0.3) is 0 Å². The Hall–Kier alpha value is 0. The maximum Gasteiger partial charge on any atom is 0.0270 e. The van der Waals surface area contributed by atoms with Crippen molar-refractivity contribution in [1.29, 1.82) is 0 Å². The zero-order valence-electron chi connectivity index (χ0n) is 14.1. The summed E-state index contributed by atoms with van der Waals surface area (Å²) in [5.41, 5.74) is -0.871. The lowest BCUT2D eigenvalue weighted by molar-refractivity contribution is 0.246. The molecule has 0 heterocycles. The summed E-state index contributed by atoms with van der Waals surface area (Å²) in [7, 11) is 0. The first-order valence-corrected chi connectivity index (χ1v) is 3.12. The van der Waals surface area contributed by atoms with Crippen LogP contribution in [0.2, 0.25) is 0 Å². The van der Waals surface area contributed by atoms with Crippen molar-refractivity contribution < 1.29 is 11.0 Å². The average molecular weight is 134 g/mol. The fourth-order valence-corrected chi connectivity index (χ4v) is 0.686. The van der Waals surface area contributed by atoms with Gasteiger partial charge in [-0.15, -0.1) is 0 Å². The Morgan fingerprint density at radius 1 is 1.22 bits per heavy atom. The van der Waals surface area contributed by atoms with Gasteiger partial charge in [-0.1, -0.05) is 33.5 Å². The summed E-state index contributed by atoms with van der Waals surface area (Å²) in [6.07, 6.45) is -10.8. The van der Waals surface area contributed by atoms with Crippen LogP contribution in [0.5, 0.6) is 0 Å². The van der Waals surface area contributed by atoms with E-state index in [1.54, 1.807) is 20.8 Å². The highest BCUT2D eigenvalue weighted by Crippen LogP contribution is 2.38. The van der Waals surface area contributed by atoms with Crippen LogP contribution in [-0.4, -0.2) is 0 Å². The molecule has 9 heavy (non-hydrogen) atoms. The fraction of sp³-hybridized carbons (Fsp3) is 1.00. The largest absolute Gasteiger partial charge is 0.0599 e. The van der Waals surface area contributed by atoms with Crippen LogP contribution in [0, 0.1) is 11.3 Å². The van der Waals surface area contributed by atoms with Crippen molar-refractivity contribution in [3.63, 3.8) is 0 Å². The van der Waals surface area contributed by atoms with Crippen molar-refractivity contribution in [3.05, 3.63) is 0 Å². The predicted molar refractivity (Wildman–Crippen MR) is 41.4 cm³/mol. The van der Waals surface area contributed by atoms with E-state index in [1.807, 2.05) is 0 Å². The molecular weight excluding hydrogens is 108 g/mol. The number of hydrogen-bond acceptors (Lipinski definition) is 0. The monoisotopic (exact) mass is 134 g/mol. The molecule has 0 heteroatoms. The Bertz CT molecular complexity index is 298. The van der Waals surface area contributed by atoms with Gasteiger partial charge in [0.2, 0.25) is 0 Å². The second-order valence-corrected chi connectivity index (χ2v) is 3.34. The summed E-state index contributed by atoms with van der Waals surface area (Å²) in [5.74, 6) is -1.35. The minimum absolute atomic E-state index is 0.871. The second kappa shape index (κ2) is 2.32. The Labute approximate surface area is 69.9 Å². The quantitative estimate of drug-likeness (QED) is 0.477. The van der Waals surface area contributed by atoms with Crippen molar-refractivity contribution in [1.82, 2.24) is 0 Å². The predicted octanol–water partition coefficient (Wildman–Crippen LogP) is 3.22. The van der Waals surface area contributed by atoms with Crippen LogP contribution in [0.15, 0.2) is 0 Å². The van der Waals surface area contributed by atoms with Gasteiger partial charge in [0.15, 0.2) is 0 Å². The lowest BCUT2D eigenvalue weighted by Crippen LogP contribution is -2.16. The highest BCUT2D eigenvalue weighted by molar-refractivity contribution is 4.78. The van der Waals surface area contributed by atoms with E-state index in [0.717, 1.165) is 0 Å². The third-order valence-electron chi connectivity index (χ3n) is 1.36. The van der Waals surface area contributed by atoms with Crippen LogP contribution >= 0.6 is 0 Å². The van der Waals surface area contributed by atoms with E-state index in [-0.39, 0.29) is 0 Å². The lowest BCUT2D eigenvalue weighted by atomic mass is 9.80. The molecule has 0 N–H and O–H groups in total. The van der Waals surface area contributed by atoms with Crippen molar-refractivity contribution in [2.75, 3.05) is 0 Å². The summed E-state index contributed by atoms with van der Waals surface area (Å²) in [5, 5.41) is 0. The molecule has 0 aliphatic heterocycles. The Morgan fingerprint density at radius 2 is 1.67 bits per heavy atom. The van der Waals surface area contributed by atoms with Gasteiger partial charge >= 0.3 is 0 Å². The van der Waals surface area contributed by atoms with Gasteiger partial charge in [-0.2, -0.15) is 0 Å². The molecule has 1 fully saturated rings. The number of rotatable bonds is 0. The van der Waals surface area contributed by atoms with Crippen molar-refractivity contribution in [2.45, 2.75) is 46.3 Å². The van der Waals surface area contributed by atoms with Crippen LogP contribution < -0.4 is 0 Å². The molecule has 0 saturated heterocycles. The Morgan fingerprint density at radius 3 is 1.89 bits per heavy atom. The minimum atomic E-state index is -2.86. The molecule has 1 aliphatic carbocycles. The van der Waals surface area contributed by atoms with Gasteiger partial charge in [-0.3, -0.25) is 0 Å². The van der Waals surface area contributed by atoms with Crippen molar-refractivity contribution >= 4 is 0 Å². The third-order valence-corrected chi connectivity index (χ3v) is 1.36. The molecule has 0 radical (unpaired) electrons. The van der Waals surface area contributed by atoms with Gasteiger partial charge in [-0.25, -0.2) is 0 Å². The maximum atomic E-state index is 7.82. The summed E-state index contributed by atoms with van der Waals surface area (Å²) in [4.78, 5) is 0. The van der Waals surface area contributed by atoms with Gasteiger partial charge in [0.1, 0.15) is 0 Å². The van der Waals surface area contributed by atoms with Gasteiger partial charge < -0.3 is 0 Å². The zero-order chi connectivity index (χ0) is 14.1. The van der Waals surface area contributed by atoms with E-state index < -0.39 is 36.8 Å². The van der Waals surface area contributed by atoms with Gasteiger partial charge in [0, 0.05) is 11.0 Å². The molecule has 0 atom stereocenters. The van der Waals surface area contributed by atoms with Crippen molar-refractivity contribution in [3.8, 4) is 0 Å². The molecule has 1 aliphatic rings. The van der Waals surface area contributed by atoms with E-state index >= 15 is 0 Å². The first kappa shape index (κ1) is 1.99. The van der Waals surface area contributed by atoms with Gasteiger partial charge in [-0.05, 0) is 24.1 Å². The third kappa shape index (κ3) is 1.70. The smallest absolute Gasteiger partial charge is 0.0270 e. The highest BCUT2D eigenvalue weighted by atomic mass is 14.3. The minimum Gasteiger partial charge on any atom is -0.0599 e. The summed E-state index contributed by atoms with van der Waals surface area (Å²) in [6.45, 7) is 4.81. The average Bonchev–Trinajstić information content (AvgIpc) is 2.03. The normalized spacial score (nSPS) is 58.6. The van der Waals surface area contributed by atoms with Crippen LogP contribution in [0.1, 0.15) is 57.2 Å². The van der Waals surface area contributed by atoms with E-state index in [4.69, 9.17) is 11.0 Å². The molecule has 54 valence electrons. The lowest BCUT2D eigenvalue weighted by Gasteiger charge is -2.26. The van der Waals surface area contributed by atoms with E-state index in [0.29, 0.717) is 0 Å². The van der Waals surface area contributed by atoms with Gasteiger partial charge in [0.05, 0.1) is 0 Å². The van der Waals surface area contributed by atoms with Crippen LogP contribution in [0.3, 0.4) is 0 Å². The second-order valence-electron chi connectivity index (χ2n) is 3.34. The topological polar surface area (TPSA) is 0 Å². The molecule has 0 amide bonds. The molecule has 1 rings (SSSR count). The first-order chi connectivity index (χ1) is 7.12. The Kier molecular flexibility index (Phi) is 0.514. The summed E-state index contributed by atoms with van der Waals surface area (Å²) >= 11 is 0. The Balaban J connectivity index is 3.54. The van der Waals surface area contributed by atoms with Gasteiger partial charge in [0.25, 0.3) is 0 Å². The maximum absolute atomic E-state index is 7.82. The molecule has 0 unspecified atom stereocenters. The molecule has 0 aromatic rings. The molecule has 0 aromatic carbocycles. The zero-order valence-corrected chi connectivity index (χ0v) is 6.08. The van der Waals surface area contributed by atoms with Crippen LogP contribution in [0.4, 0.5) is 0 Å². The number of hydrogen-bond donors (Lipinski definition) is 0. The van der Waals surface area contributed by atoms with E-state index in [1.165, 1.54) is 0 Å². The van der Waals surface area contributed by atoms with E-state index in [2.05, 4.69) is 0 Å². The summed E-state index contributed by atoms with van der Waals surface area (Å²) < 4.78 is 61.8. The standard InChI is InChI=1S/C9H18/c1-9(2,3)8-6-4-5-7-8/h8H,4-7H2,1-3H3/i4D2,5D2,6D2,7D2. The molecule has 0 nitrogen and oxygen atoms in total. The molecule has 0 spiro atoms. The fourth-order valence-electron chi connectivity index (χ4n) is 0.686. The molecule has 0 bridgehead atoms. The molecular formula is C9H18. The first-order valence-electron chi connectivity index (χ1n) is 7.12. The van der Waals surface area contributed by atoms with Crippen molar-refractivity contribution in [2.24, 2.45) is 11.3 Å². The highest BCUT2D eigenvalue weighted by Gasteiger charge is 2.26.